The summed E-state index contributed by atoms with van der Waals surface area (Å²) in [5.41, 5.74) is 0. The summed E-state index contributed by atoms with van der Waals surface area (Å²) in [6.45, 7) is 13.2. The number of nitrogens with one attached hydrogen (secondary N) is 4. The van der Waals surface area contributed by atoms with Crippen molar-refractivity contribution in [1.29, 1.82) is 0 Å². The van der Waals surface area contributed by atoms with Gasteiger partial charge in [-0.1, -0.05) is 0 Å². The molecule has 4 heteroatoms. The van der Waals surface area contributed by atoms with Gasteiger partial charge < -0.3 is 21.3 Å². The summed E-state index contributed by atoms with van der Waals surface area (Å²) >= 11 is 0. The van der Waals surface area contributed by atoms with Crippen LogP contribution in [0.25, 0.3) is 0 Å². The van der Waals surface area contributed by atoms with Crippen molar-refractivity contribution in [2.75, 3.05) is 26.2 Å². The van der Waals surface area contributed by atoms with E-state index in [-0.39, 0.29) is 0 Å². The highest BCUT2D eigenvalue weighted by molar-refractivity contribution is 4.77. The molecule has 2 heterocycles. The average molecular weight is 228 g/mol. The highest BCUT2D eigenvalue weighted by Gasteiger charge is 2.11. The molecule has 4 N–H and O–H groups in total. The minimum Gasteiger partial charge on any atom is -0.311 e. The zero-order valence-electron chi connectivity index (χ0n) is 11.1. The van der Waals surface area contributed by atoms with Crippen LogP contribution in [0.15, 0.2) is 0 Å². The van der Waals surface area contributed by atoms with Gasteiger partial charge in [0, 0.05) is 50.3 Å². The Morgan fingerprint density at radius 2 is 0.688 bits per heavy atom. The summed E-state index contributed by atoms with van der Waals surface area (Å²) in [6.07, 6.45) is 0. The van der Waals surface area contributed by atoms with E-state index in [1.807, 2.05) is 0 Å². The van der Waals surface area contributed by atoms with E-state index in [0.717, 1.165) is 26.2 Å². The first-order valence-electron chi connectivity index (χ1n) is 6.51. The van der Waals surface area contributed by atoms with Gasteiger partial charge >= 0.3 is 0 Å². The van der Waals surface area contributed by atoms with E-state index in [0.29, 0.717) is 24.2 Å². The molecule has 4 unspecified atom stereocenters. The second-order valence-corrected chi connectivity index (χ2v) is 5.24. The Labute approximate surface area is 99.9 Å². The molecule has 96 valence electrons. The maximum Gasteiger partial charge on any atom is 0.0164 e. The highest BCUT2D eigenvalue weighted by Crippen LogP contribution is 1.90. The average Bonchev–Trinajstić information content (AvgIpc) is 2.28. The number of hydrogen-bond acceptors (Lipinski definition) is 4. The van der Waals surface area contributed by atoms with Crippen molar-refractivity contribution in [3.63, 3.8) is 0 Å². The third kappa shape index (κ3) is 5.80. The molecular formula is C12H28N4. The normalized spacial score (nSPS) is 39.8. The van der Waals surface area contributed by atoms with Gasteiger partial charge in [-0.2, -0.15) is 0 Å². The van der Waals surface area contributed by atoms with Gasteiger partial charge in [0.15, 0.2) is 0 Å². The van der Waals surface area contributed by atoms with E-state index in [4.69, 9.17) is 0 Å². The first-order chi connectivity index (χ1) is 7.58. The number of hydrogen-bond donors (Lipinski definition) is 4. The Kier molecular flexibility index (Phi) is 6.28. The molecule has 0 aromatic rings. The van der Waals surface area contributed by atoms with Crippen molar-refractivity contribution in [3.05, 3.63) is 0 Å². The Hall–Kier alpha value is -0.160. The quantitative estimate of drug-likeness (QED) is 0.468. The van der Waals surface area contributed by atoms with E-state index in [1.165, 1.54) is 0 Å². The third-order valence-corrected chi connectivity index (χ3v) is 3.09. The van der Waals surface area contributed by atoms with Gasteiger partial charge in [-0.05, 0) is 27.7 Å². The van der Waals surface area contributed by atoms with Gasteiger partial charge in [0.05, 0.1) is 0 Å². The van der Waals surface area contributed by atoms with Gasteiger partial charge in [-0.15, -0.1) is 0 Å². The number of piperazine rings is 2. The molecule has 0 saturated carbocycles. The maximum atomic E-state index is 3.37. The summed E-state index contributed by atoms with van der Waals surface area (Å²) in [5, 5.41) is 13.5. The molecule has 2 aliphatic heterocycles. The van der Waals surface area contributed by atoms with Crippen LogP contribution in [0, 0.1) is 0 Å². The zero-order chi connectivity index (χ0) is 12.0. The Morgan fingerprint density at radius 3 is 0.812 bits per heavy atom. The van der Waals surface area contributed by atoms with Crippen molar-refractivity contribution in [3.8, 4) is 0 Å². The fourth-order valence-electron chi connectivity index (χ4n) is 1.80. The summed E-state index contributed by atoms with van der Waals surface area (Å²) in [5.74, 6) is 0. The van der Waals surface area contributed by atoms with Crippen LogP contribution in [0.1, 0.15) is 27.7 Å². The lowest BCUT2D eigenvalue weighted by Crippen LogP contribution is -2.51. The van der Waals surface area contributed by atoms with Gasteiger partial charge in [0.2, 0.25) is 0 Å². The minimum atomic E-state index is 0.659. The summed E-state index contributed by atoms with van der Waals surface area (Å²) < 4.78 is 0. The number of rotatable bonds is 0. The van der Waals surface area contributed by atoms with Crippen molar-refractivity contribution < 1.29 is 0 Å². The molecule has 0 bridgehead atoms. The largest absolute Gasteiger partial charge is 0.311 e. The third-order valence-electron chi connectivity index (χ3n) is 3.09. The lowest BCUT2D eigenvalue weighted by molar-refractivity contribution is 0.376. The van der Waals surface area contributed by atoms with E-state index < -0.39 is 0 Å². The molecule has 0 amide bonds. The first-order valence-corrected chi connectivity index (χ1v) is 6.51. The van der Waals surface area contributed by atoms with E-state index in [9.17, 15) is 0 Å². The van der Waals surface area contributed by atoms with Crippen LogP contribution in [0.2, 0.25) is 0 Å². The van der Waals surface area contributed by atoms with Crippen molar-refractivity contribution >= 4 is 0 Å². The van der Waals surface area contributed by atoms with Gasteiger partial charge in [0.25, 0.3) is 0 Å². The predicted octanol–water partition coefficient (Wildman–Crippen LogP) is -0.0876. The van der Waals surface area contributed by atoms with E-state index in [2.05, 4.69) is 49.0 Å². The SMILES string of the molecule is CC1CNC(C)CN1.CC1CNC(C)CN1. The topological polar surface area (TPSA) is 48.1 Å². The smallest absolute Gasteiger partial charge is 0.0164 e. The first kappa shape index (κ1) is 13.9. The fraction of sp³-hybridized carbons (Fsp3) is 1.00. The molecule has 4 atom stereocenters. The van der Waals surface area contributed by atoms with Crippen LogP contribution in [0.5, 0.6) is 0 Å². The van der Waals surface area contributed by atoms with Crippen molar-refractivity contribution in [2.45, 2.75) is 51.9 Å². The summed E-state index contributed by atoms with van der Waals surface area (Å²) in [7, 11) is 0. The molecule has 0 aliphatic carbocycles. The molecule has 0 aromatic carbocycles. The van der Waals surface area contributed by atoms with Crippen LogP contribution in [-0.2, 0) is 0 Å². The zero-order valence-corrected chi connectivity index (χ0v) is 11.1. The fourth-order valence-corrected chi connectivity index (χ4v) is 1.80. The van der Waals surface area contributed by atoms with Gasteiger partial charge in [0.1, 0.15) is 0 Å². The molecule has 2 aliphatic rings. The lowest BCUT2D eigenvalue weighted by atomic mass is 10.2. The Bertz CT molecular complexity index is 130. The Balaban J connectivity index is 0.000000160. The van der Waals surface area contributed by atoms with Crippen LogP contribution < -0.4 is 21.3 Å². The lowest BCUT2D eigenvalue weighted by Gasteiger charge is -2.26. The van der Waals surface area contributed by atoms with Crippen LogP contribution >= 0.6 is 0 Å². The summed E-state index contributed by atoms with van der Waals surface area (Å²) in [6, 6.07) is 2.63. The standard InChI is InChI=1S/2C6H14N2/c2*1-5-3-8-6(2)4-7-5/h2*5-8H,3-4H2,1-2H3. The summed E-state index contributed by atoms with van der Waals surface area (Å²) in [4.78, 5) is 0. The van der Waals surface area contributed by atoms with Crippen molar-refractivity contribution in [1.82, 2.24) is 21.3 Å². The van der Waals surface area contributed by atoms with Gasteiger partial charge in [-0.3, -0.25) is 0 Å². The maximum absolute atomic E-state index is 3.37. The molecular weight excluding hydrogens is 200 g/mol. The molecule has 2 fully saturated rings. The molecule has 16 heavy (non-hydrogen) atoms. The minimum absolute atomic E-state index is 0.659. The van der Waals surface area contributed by atoms with Crippen LogP contribution in [0.4, 0.5) is 0 Å². The second-order valence-electron chi connectivity index (χ2n) is 5.24. The predicted molar refractivity (Wildman–Crippen MR) is 69.9 cm³/mol. The molecule has 0 spiro atoms. The van der Waals surface area contributed by atoms with Gasteiger partial charge in [-0.25, -0.2) is 0 Å². The second kappa shape index (κ2) is 7.22. The molecule has 4 nitrogen and oxygen atoms in total. The highest BCUT2D eigenvalue weighted by atomic mass is 15.1. The molecule has 0 aromatic heterocycles. The van der Waals surface area contributed by atoms with Crippen molar-refractivity contribution in [2.24, 2.45) is 0 Å². The molecule has 2 saturated heterocycles. The van der Waals surface area contributed by atoms with Crippen LogP contribution in [0.3, 0.4) is 0 Å². The van der Waals surface area contributed by atoms with E-state index >= 15 is 0 Å². The monoisotopic (exact) mass is 228 g/mol. The van der Waals surface area contributed by atoms with Crippen LogP contribution in [-0.4, -0.2) is 50.3 Å². The molecule has 0 radical (unpaired) electrons. The Morgan fingerprint density at radius 1 is 0.500 bits per heavy atom. The molecule has 2 rings (SSSR count). The van der Waals surface area contributed by atoms with E-state index in [1.54, 1.807) is 0 Å².